The summed E-state index contributed by atoms with van der Waals surface area (Å²) in [6.45, 7) is 17.6. The van der Waals surface area contributed by atoms with E-state index in [4.69, 9.17) is 13.9 Å². The van der Waals surface area contributed by atoms with Crippen LogP contribution >= 0.6 is 0 Å². The minimum atomic E-state index is -1.93. The van der Waals surface area contributed by atoms with E-state index in [1.807, 2.05) is 45.0 Å². The predicted octanol–water partition coefficient (Wildman–Crippen LogP) is 7.59. The van der Waals surface area contributed by atoms with Crippen molar-refractivity contribution < 1.29 is 18.7 Å². The molecule has 2 aromatic carbocycles. The van der Waals surface area contributed by atoms with Gasteiger partial charge in [0, 0.05) is 24.5 Å². The second-order valence-corrected chi connectivity index (χ2v) is 16.0. The van der Waals surface area contributed by atoms with Crippen molar-refractivity contribution in [3.63, 3.8) is 0 Å². The molecule has 0 heterocycles. The number of benzene rings is 2. The minimum absolute atomic E-state index is 0.0833. The third-order valence-corrected chi connectivity index (χ3v) is 10.8. The molecule has 2 rings (SSSR count). The van der Waals surface area contributed by atoms with Crippen LogP contribution in [0.1, 0.15) is 65.9 Å². The highest BCUT2D eigenvalue weighted by molar-refractivity contribution is 6.74. The van der Waals surface area contributed by atoms with E-state index in [0.29, 0.717) is 19.4 Å². The van der Waals surface area contributed by atoms with Crippen molar-refractivity contribution in [1.82, 2.24) is 0 Å². The molecule has 2 aromatic rings. The lowest BCUT2D eigenvalue weighted by molar-refractivity contribution is -0.155. The second kappa shape index (κ2) is 10.9. The molecule has 0 unspecified atom stereocenters. The number of rotatable bonds is 9. The highest BCUT2D eigenvalue weighted by atomic mass is 28.4. The van der Waals surface area contributed by atoms with Gasteiger partial charge in [-0.25, -0.2) is 0 Å². The molecule has 0 amide bonds. The van der Waals surface area contributed by atoms with Gasteiger partial charge in [-0.15, -0.1) is 0 Å². The summed E-state index contributed by atoms with van der Waals surface area (Å²) in [5, 5.41) is 0.123. The Morgan fingerprint density at radius 1 is 0.970 bits per heavy atom. The lowest BCUT2D eigenvalue weighted by atomic mass is 9.91. The van der Waals surface area contributed by atoms with Crippen LogP contribution in [0.2, 0.25) is 18.1 Å². The summed E-state index contributed by atoms with van der Waals surface area (Å²) >= 11 is 0. The van der Waals surface area contributed by atoms with Crippen molar-refractivity contribution in [3.05, 3.63) is 54.1 Å². The molecule has 182 valence electrons. The lowest BCUT2D eigenvalue weighted by Crippen LogP contribution is -2.41. The van der Waals surface area contributed by atoms with Crippen LogP contribution in [0.5, 0.6) is 5.75 Å². The van der Waals surface area contributed by atoms with E-state index in [9.17, 15) is 4.79 Å². The number of ether oxygens (including phenoxy) is 2. The smallest absolute Gasteiger partial charge is 0.306 e. The van der Waals surface area contributed by atoms with Gasteiger partial charge in [-0.05, 0) is 68.6 Å². The molecule has 0 saturated carbocycles. The zero-order valence-corrected chi connectivity index (χ0v) is 23.0. The van der Waals surface area contributed by atoms with Crippen LogP contribution in [0, 0.1) is 0 Å². The molecule has 0 aliphatic carbocycles. The molecule has 0 aliphatic heterocycles. The molecule has 0 aromatic heterocycles. The van der Waals surface area contributed by atoms with E-state index in [2.05, 4.69) is 58.1 Å². The summed E-state index contributed by atoms with van der Waals surface area (Å²) in [6.07, 6.45) is 1.03. The first-order chi connectivity index (χ1) is 15.2. The molecule has 0 bridgehead atoms. The molecule has 0 spiro atoms. The average Bonchev–Trinajstić information content (AvgIpc) is 2.72. The predicted molar refractivity (Wildman–Crippen MR) is 139 cm³/mol. The zero-order valence-electron chi connectivity index (χ0n) is 22.0. The fourth-order valence-corrected chi connectivity index (χ4v) is 4.43. The van der Waals surface area contributed by atoms with Gasteiger partial charge in [0.1, 0.15) is 11.4 Å². The van der Waals surface area contributed by atoms with Gasteiger partial charge in [0.15, 0.2) is 8.32 Å². The summed E-state index contributed by atoms with van der Waals surface area (Å²) in [4.78, 5) is 12.5. The van der Waals surface area contributed by atoms with Gasteiger partial charge in [0.25, 0.3) is 0 Å². The number of hydrogen-bond acceptors (Lipinski definition) is 4. The summed E-state index contributed by atoms with van der Waals surface area (Å²) in [6, 6.07) is 16.5. The Labute approximate surface area is 201 Å². The average molecular weight is 471 g/mol. The van der Waals surface area contributed by atoms with Crippen molar-refractivity contribution >= 4 is 14.3 Å². The van der Waals surface area contributed by atoms with Gasteiger partial charge in [-0.2, -0.15) is 0 Å². The van der Waals surface area contributed by atoms with Crippen molar-refractivity contribution in [1.29, 1.82) is 0 Å². The van der Waals surface area contributed by atoms with Crippen LogP contribution in [0.25, 0.3) is 11.1 Å². The van der Waals surface area contributed by atoms with Crippen LogP contribution in [0.3, 0.4) is 0 Å². The maximum atomic E-state index is 12.5. The van der Waals surface area contributed by atoms with Crippen LogP contribution in [-0.2, 0) is 14.0 Å². The first kappa shape index (κ1) is 27.1. The third-order valence-electron chi connectivity index (χ3n) is 6.35. The Morgan fingerprint density at radius 3 is 2.15 bits per heavy atom. The van der Waals surface area contributed by atoms with E-state index in [1.54, 1.807) is 7.11 Å². The Bertz CT molecular complexity index is 908. The van der Waals surface area contributed by atoms with Gasteiger partial charge in [0.2, 0.25) is 0 Å². The number of hydrogen-bond donors (Lipinski definition) is 0. The molecule has 0 radical (unpaired) electrons. The highest BCUT2D eigenvalue weighted by Crippen LogP contribution is 2.39. The number of carbonyl (C=O) groups is 1. The van der Waals surface area contributed by atoms with Gasteiger partial charge in [0.05, 0.1) is 7.11 Å². The van der Waals surface area contributed by atoms with Gasteiger partial charge >= 0.3 is 5.97 Å². The van der Waals surface area contributed by atoms with Crippen LogP contribution in [0.15, 0.2) is 48.5 Å². The van der Waals surface area contributed by atoms with Crippen LogP contribution in [0.4, 0.5) is 0 Å². The Balaban J connectivity index is 2.34. The summed E-state index contributed by atoms with van der Waals surface area (Å²) in [5.41, 5.74) is 2.82. The first-order valence-electron chi connectivity index (χ1n) is 11.8. The minimum Gasteiger partial charge on any atom is -0.496 e. The number of esters is 1. The SMILES string of the molecule is COc1ccc([C@H](CCC(=O)OC(C)(C)C)CO[Si](C)(C)C(C)(C)C)cc1-c1ccccc1. The highest BCUT2D eigenvalue weighted by Gasteiger charge is 2.37. The molecule has 0 aliphatic rings. The molecule has 33 heavy (non-hydrogen) atoms. The monoisotopic (exact) mass is 470 g/mol. The third kappa shape index (κ3) is 8.00. The molecular formula is C28H42O4Si. The van der Waals surface area contributed by atoms with E-state index in [0.717, 1.165) is 22.4 Å². The van der Waals surface area contributed by atoms with Gasteiger partial charge in [-0.1, -0.05) is 57.2 Å². The molecule has 4 nitrogen and oxygen atoms in total. The van der Waals surface area contributed by atoms with Crippen molar-refractivity contribution in [3.8, 4) is 16.9 Å². The van der Waals surface area contributed by atoms with E-state index < -0.39 is 13.9 Å². The number of carbonyl (C=O) groups excluding carboxylic acids is 1. The standard InChI is InChI=1S/C28H42O4Si/c1-27(2,3)32-26(29)18-16-23(20-31-33(8,9)28(4,5)6)22-15-17-25(30-7)24(19-22)21-13-11-10-12-14-21/h10-15,17,19,23H,16,18,20H2,1-9H3/t23-/m1/s1. The summed E-state index contributed by atoms with van der Waals surface area (Å²) in [7, 11) is -0.235. The van der Waals surface area contributed by atoms with Gasteiger partial charge < -0.3 is 13.9 Å². The van der Waals surface area contributed by atoms with E-state index in [1.165, 1.54) is 0 Å². The van der Waals surface area contributed by atoms with Crippen molar-refractivity contribution in [2.75, 3.05) is 13.7 Å². The quantitative estimate of drug-likeness (QED) is 0.280. The molecular weight excluding hydrogens is 428 g/mol. The molecule has 5 heteroatoms. The normalized spacial score (nSPS) is 13.5. The molecule has 0 saturated heterocycles. The van der Waals surface area contributed by atoms with Crippen molar-refractivity contribution in [2.24, 2.45) is 0 Å². The summed E-state index contributed by atoms with van der Waals surface area (Å²) in [5.74, 6) is 0.748. The fraction of sp³-hybridized carbons (Fsp3) is 0.536. The van der Waals surface area contributed by atoms with E-state index >= 15 is 0 Å². The zero-order chi connectivity index (χ0) is 24.9. The number of methoxy groups -OCH3 is 1. The second-order valence-electron chi connectivity index (χ2n) is 11.2. The molecule has 0 N–H and O–H groups in total. The van der Waals surface area contributed by atoms with Crippen LogP contribution < -0.4 is 4.74 Å². The molecule has 1 atom stereocenters. The van der Waals surface area contributed by atoms with E-state index in [-0.39, 0.29) is 16.9 Å². The fourth-order valence-electron chi connectivity index (χ4n) is 3.38. The van der Waals surface area contributed by atoms with Crippen LogP contribution in [-0.4, -0.2) is 33.6 Å². The topological polar surface area (TPSA) is 44.8 Å². The van der Waals surface area contributed by atoms with Crippen molar-refractivity contribution in [2.45, 2.75) is 84.0 Å². The maximum Gasteiger partial charge on any atom is 0.306 e. The molecule has 0 fully saturated rings. The Hall–Kier alpha value is -2.11. The van der Waals surface area contributed by atoms with Gasteiger partial charge in [-0.3, -0.25) is 4.79 Å². The lowest BCUT2D eigenvalue weighted by Gasteiger charge is -2.37. The summed E-state index contributed by atoms with van der Waals surface area (Å²) < 4.78 is 17.8. The Morgan fingerprint density at radius 2 is 1.61 bits per heavy atom. The first-order valence-corrected chi connectivity index (χ1v) is 14.7. The largest absolute Gasteiger partial charge is 0.496 e. The Kier molecular flexibility index (Phi) is 8.94. The maximum absolute atomic E-state index is 12.5.